The lowest BCUT2D eigenvalue weighted by Gasteiger charge is -2.34. The highest BCUT2D eigenvalue weighted by atomic mass is 79.9. The summed E-state index contributed by atoms with van der Waals surface area (Å²) in [6.45, 7) is 5.54. The molecule has 2 atom stereocenters. The second-order valence-electron chi connectivity index (χ2n) is 4.49. The van der Waals surface area contributed by atoms with Crippen LogP contribution in [0.15, 0.2) is 15.9 Å². The zero-order valence-electron chi connectivity index (χ0n) is 8.95. The molecule has 0 amide bonds. The van der Waals surface area contributed by atoms with Gasteiger partial charge >= 0.3 is 0 Å². The quantitative estimate of drug-likeness (QED) is 0.907. The Bertz CT molecular complexity index is 316. The van der Waals surface area contributed by atoms with Gasteiger partial charge in [-0.2, -0.15) is 0 Å². The average molecular weight is 289 g/mol. The van der Waals surface area contributed by atoms with Gasteiger partial charge in [-0.15, -0.1) is 11.3 Å². The van der Waals surface area contributed by atoms with Crippen molar-refractivity contribution in [1.29, 1.82) is 0 Å². The predicted molar refractivity (Wildman–Crippen MR) is 69.1 cm³/mol. The highest BCUT2D eigenvalue weighted by Gasteiger charge is 2.22. The van der Waals surface area contributed by atoms with Gasteiger partial charge in [0, 0.05) is 35.0 Å². The molecule has 1 aromatic heterocycles. The summed E-state index contributed by atoms with van der Waals surface area (Å²) in [6.07, 6.45) is 1.17. The van der Waals surface area contributed by atoms with Crippen LogP contribution >= 0.6 is 27.3 Å². The summed E-state index contributed by atoms with van der Waals surface area (Å²) in [5.41, 5.74) is 6.03. The first-order valence-corrected chi connectivity index (χ1v) is 7.02. The van der Waals surface area contributed by atoms with E-state index in [9.17, 15) is 0 Å². The molecule has 2 rings (SSSR count). The molecular formula is C11H17BrN2S. The van der Waals surface area contributed by atoms with Gasteiger partial charge in [-0.1, -0.05) is 6.92 Å². The van der Waals surface area contributed by atoms with Crippen LogP contribution in [0.5, 0.6) is 0 Å². The van der Waals surface area contributed by atoms with E-state index in [1.54, 1.807) is 0 Å². The summed E-state index contributed by atoms with van der Waals surface area (Å²) >= 11 is 5.39. The van der Waals surface area contributed by atoms with E-state index in [1.807, 2.05) is 11.3 Å². The highest BCUT2D eigenvalue weighted by Crippen LogP contribution is 2.26. The molecule has 2 N–H and O–H groups in total. The van der Waals surface area contributed by atoms with Crippen LogP contribution in [0.25, 0.3) is 0 Å². The second-order valence-corrected chi connectivity index (χ2v) is 6.34. The van der Waals surface area contributed by atoms with Crippen molar-refractivity contribution in [3.63, 3.8) is 0 Å². The second kappa shape index (κ2) is 4.95. The summed E-state index contributed by atoms with van der Waals surface area (Å²) in [7, 11) is 0. The van der Waals surface area contributed by atoms with Crippen molar-refractivity contribution in [2.75, 3.05) is 13.1 Å². The fraction of sp³-hybridized carbons (Fsp3) is 0.636. The number of thiophene rings is 1. The maximum atomic E-state index is 6.03. The molecule has 84 valence electrons. The van der Waals surface area contributed by atoms with Gasteiger partial charge in [0.15, 0.2) is 0 Å². The van der Waals surface area contributed by atoms with Crippen LogP contribution in [0, 0.1) is 5.92 Å². The number of hydrogen-bond acceptors (Lipinski definition) is 3. The van der Waals surface area contributed by atoms with E-state index in [4.69, 9.17) is 5.73 Å². The van der Waals surface area contributed by atoms with Crippen LogP contribution in [0.2, 0.25) is 0 Å². The highest BCUT2D eigenvalue weighted by molar-refractivity contribution is 9.10. The van der Waals surface area contributed by atoms with Crippen LogP contribution in [-0.4, -0.2) is 24.0 Å². The number of likely N-dealkylation sites (tertiary alicyclic amines) is 1. The van der Waals surface area contributed by atoms with Gasteiger partial charge in [0.25, 0.3) is 0 Å². The fourth-order valence-corrected chi connectivity index (χ4v) is 3.80. The molecule has 0 aromatic carbocycles. The molecule has 0 bridgehead atoms. The minimum atomic E-state index is 0.354. The van der Waals surface area contributed by atoms with E-state index in [2.05, 4.69) is 39.2 Å². The van der Waals surface area contributed by atoms with Crippen molar-refractivity contribution in [2.24, 2.45) is 11.7 Å². The minimum absolute atomic E-state index is 0.354. The molecular weight excluding hydrogens is 272 g/mol. The third kappa shape index (κ3) is 3.03. The summed E-state index contributed by atoms with van der Waals surface area (Å²) in [5.74, 6) is 0.729. The Morgan fingerprint density at radius 1 is 1.60 bits per heavy atom. The molecule has 1 aliphatic rings. The summed E-state index contributed by atoms with van der Waals surface area (Å²) in [6, 6.07) is 2.47. The molecule has 4 heteroatoms. The van der Waals surface area contributed by atoms with E-state index >= 15 is 0 Å². The largest absolute Gasteiger partial charge is 0.327 e. The average Bonchev–Trinajstić information content (AvgIpc) is 2.50. The van der Waals surface area contributed by atoms with Crippen molar-refractivity contribution >= 4 is 27.3 Å². The molecule has 2 nitrogen and oxygen atoms in total. The number of hydrogen-bond donors (Lipinski definition) is 1. The molecule has 0 spiro atoms. The summed E-state index contributed by atoms with van der Waals surface area (Å²) < 4.78 is 1.24. The normalized spacial score (nSPS) is 28.2. The van der Waals surface area contributed by atoms with Crippen molar-refractivity contribution < 1.29 is 0 Å². The van der Waals surface area contributed by atoms with Crippen molar-refractivity contribution in [1.82, 2.24) is 4.90 Å². The maximum absolute atomic E-state index is 6.03. The monoisotopic (exact) mass is 288 g/mol. The van der Waals surface area contributed by atoms with Crippen LogP contribution in [-0.2, 0) is 6.54 Å². The van der Waals surface area contributed by atoms with Gasteiger partial charge in [-0.05, 0) is 39.7 Å². The fourth-order valence-electron chi connectivity index (χ4n) is 2.28. The summed E-state index contributed by atoms with van der Waals surface area (Å²) in [4.78, 5) is 3.88. The van der Waals surface area contributed by atoms with E-state index in [-0.39, 0.29) is 0 Å². The smallest absolute Gasteiger partial charge is 0.0340 e. The number of rotatable bonds is 2. The van der Waals surface area contributed by atoms with Crippen LogP contribution in [0.3, 0.4) is 0 Å². The molecule has 0 saturated carbocycles. The number of halogens is 1. The van der Waals surface area contributed by atoms with E-state index in [0.29, 0.717) is 6.04 Å². The van der Waals surface area contributed by atoms with Crippen molar-refractivity contribution in [2.45, 2.75) is 25.9 Å². The van der Waals surface area contributed by atoms with Gasteiger partial charge in [-0.25, -0.2) is 0 Å². The predicted octanol–water partition coefficient (Wildman–Crippen LogP) is 2.68. The first-order valence-electron chi connectivity index (χ1n) is 5.35. The molecule has 1 fully saturated rings. The van der Waals surface area contributed by atoms with Gasteiger partial charge < -0.3 is 5.73 Å². The Morgan fingerprint density at radius 2 is 2.40 bits per heavy atom. The zero-order chi connectivity index (χ0) is 10.8. The maximum Gasteiger partial charge on any atom is 0.0340 e. The van der Waals surface area contributed by atoms with Crippen molar-refractivity contribution in [3.8, 4) is 0 Å². The number of nitrogens with two attached hydrogens (primary N) is 1. The molecule has 1 saturated heterocycles. The Balaban J connectivity index is 1.97. The standard InChI is InChI=1S/C11H17BrN2S/c1-8-4-9(13)6-14(5-8)7-11-10(12)2-3-15-11/h2-3,8-9H,4-7,13H2,1H3. The lowest BCUT2D eigenvalue weighted by molar-refractivity contribution is 0.159. The number of nitrogens with zero attached hydrogens (tertiary/aromatic N) is 1. The van der Waals surface area contributed by atoms with Gasteiger partial charge in [0.2, 0.25) is 0 Å². The lowest BCUT2D eigenvalue weighted by Crippen LogP contribution is -2.45. The van der Waals surface area contributed by atoms with Crippen LogP contribution < -0.4 is 5.73 Å². The molecule has 0 radical (unpaired) electrons. The third-order valence-corrected chi connectivity index (χ3v) is 4.74. The lowest BCUT2D eigenvalue weighted by atomic mass is 9.97. The molecule has 2 heterocycles. The van der Waals surface area contributed by atoms with E-state index < -0.39 is 0 Å². The van der Waals surface area contributed by atoms with Gasteiger partial charge in [0.1, 0.15) is 0 Å². The molecule has 1 aliphatic heterocycles. The van der Waals surface area contributed by atoms with Crippen LogP contribution in [0.1, 0.15) is 18.2 Å². The Labute approximate surface area is 104 Å². The Kier molecular flexibility index (Phi) is 3.83. The van der Waals surface area contributed by atoms with Crippen LogP contribution in [0.4, 0.5) is 0 Å². The van der Waals surface area contributed by atoms with E-state index in [0.717, 1.165) is 19.0 Å². The first kappa shape index (κ1) is 11.6. The van der Waals surface area contributed by atoms with Gasteiger partial charge in [0.05, 0.1) is 0 Å². The van der Waals surface area contributed by atoms with E-state index in [1.165, 1.54) is 22.3 Å². The van der Waals surface area contributed by atoms with Crippen molar-refractivity contribution in [3.05, 3.63) is 20.8 Å². The minimum Gasteiger partial charge on any atom is -0.327 e. The molecule has 15 heavy (non-hydrogen) atoms. The first-order chi connectivity index (χ1) is 7.15. The Morgan fingerprint density at radius 3 is 3.00 bits per heavy atom. The topological polar surface area (TPSA) is 29.3 Å². The summed E-state index contributed by atoms with van der Waals surface area (Å²) in [5, 5.41) is 2.13. The molecule has 1 aromatic rings. The molecule has 2 unspecified atom stereocenters. The Hall–Kier alpha value is 0.100. The SMILES string of the molecule is CC1CC(N)CN(Cc2sccc2Br)C1. The molecule has 0 aliphatic carbocycles. The van der Waals surface area contributed by atoms with Gasteiger partial charge in [-0.3, -0.25) is 4.90 Å². The zero-order valence-corrected chi connectivity index (χ0v) is 11.4. The third-order valence-electron chi connectivity index (χ3n) is 2.83. The number of piperidine rings is 1.